The van der Waals surface area contributed by atoms with Gasteiger partial charge in [-0.25, -0.2) is 4.98 Å². The number of aromatic nitrogens is 1. The van der Waals surface area contributed by atoms with Crippen molar-refractivity contribution in [2.24, 2.45) is 5.41 Å². The van der Waals surface area contributed by atoms with Crippen molar-refractivity contribution in [3.05, 3.63) is 23.4 Å². The number of pyridine rings is 1. The van der Waals surface area contributed by atoms with Crippen LogP contribution in [-0.4, -0.2) is 11.5 Å². The molecular weight excluding hydrogens is 196 g/mol. The van der Waals surface area contributed by atoms with Crippen LogP contribution in [0.15, 0.2) is 12.3 Å². The van der Waals surface area contributed by atoms with E-state index in [1.165, 1.54) is 24.0 Å². The van der Waals surface area contributed by atoms with Gasteiger partial charge in [0, 0.05) is 12.7 Å². The summed E-state index contributed by atoms with van der Waals surface area (Å²) in [7, 11) is 0. The second kappa shape index (κ2) is 5.33. The van der Waals surface area contributed by atoms with Crippen LogP contribution in [0.3, 0.4) is 0 Å². The van der Waals surface area contributed by atoms with E-state index in [0.29, 0.717) is 5.41 Å². The quantitative estimate of drug-likeness (QED) is 0.813. The van der Waals surface area contributed by atoms with Crippen LogP contribution < -0.4 is 5.32 Å². The Labute approximate surface area is 99.5 Å². The van der Waals surface area contributed by atoms with Gasteiger partial charge in [-0.3, -0.25) is 0 Å². The van der Waals surface area contributed by atoms with E-state index in [-0.39, 0.29) is 0 Å². The van der Waals surface area contributed by atoms with Crippen LogP contribution in [0.4, 0.5) is 5.82 Å². The lowest BCUT2D eigenvalue weighted by Gasteiger charge is -2.25. The molecule has 90 valence electrons. The number of rotatable bonds is 5. The zero-order chi connectivity index (χ0) is 12.2. The highest BCUT2D eigenvalue weighted by molar-refractivity contribution is 5.46. The third-order valence-corrected chi connectivity index (χ3v) is 3.14. The number of hydrogen-bond donors (Lipinski definition) is 1. The van der Waals surface area contributed by atoms with Crippen LogP contribution in [0.5, 0.6) is 0 Å². The van der Waals surface area contributed by atoms with Crippen molar-refractivity contribution in [3.63, 3.8) is 0 Å². The molecule has 1 rings (SSSR count). The molecule has 0 fully saturated rings. The van der Waals surface area contributed by atoms with Crippen LogP contribution in [-0.2, 0) is 0 Å². The van der Waals surface area contributed by atoms with E-state index >= 15 is 0 Å². The van der Waals surface area contributed by atoms with Gasteiger partial charge in [-0.05, 0) is 42.9 Å². The Morgan fingerprint density at radius 3 is 2.62 bits per heavy atom. The van der Waals surface area contributed by atoms with Crippen LogP contribution in [0.25, 0.3) is 0 Å². The minimum absolute atomic E-state index is 0.340. The van der Waals surface area contributed by atoms with Gasteiger partial charge in [0.2, 0.25) is 0 Å². The molecule has 2 nitrogen and oxygen atoms in total. The standard InChI is InChI=1S/C14H24N2/c1-6-8-14(4,5)10-16-13-12(3)11(2)7-9-15-13/h7,9H,6,8,10H2,1-5H3,(H,15,16). The summed E-state index contributed by atoms with van der Waals surface area (Å²) in [6.07, 6.45) is 4.34. The highest BCUT2D eigenvalue weighted by Crippen LogP contribution is 2.23. The zero-order valence-corrected chi connectivity index (χ0v) is 11.2. The summed E-state index contributed by atoms with van der Waals surface area (Å²) in [6.45, 7) is 12.1. The van der Waals surface area contributed by atoms with Crippen molar-refractivity contribution in [3.8, 4) is 0 Å². The van der Waals surface area contributed by atoms with Crippen LogP contribution in [0.1, 0.15) is 44.7 Å². The number of nitrogens with zero attached hydrogens (tertiary/aromatic N) is 1. The van der Waals surface area contributed by atoms with E-state index in [9.17, 15) is 0 Å². The second-order valence-electron chi connectivity index (χ2n) is 5.37. The van der Waals surface area contributed by atoms with Crippen molar-refractivity contribution in [1.29, 1.82) is 0 Å². The minimum Gasteiger partial charge on any atom is -0.369 e. The lowest BCUT2D eigenvalue weighted by molar-refractivity contribution is 0.354. The average Bonchev–Trinajstić information content (AvgIpc) is 2.20. The van der Waals surface area contributed by atoms with Gasteiger partial charge in [0.1, 0.15) is 5.82 Å². The highest BCUT2D eigenvalue weighted by atomic mass is 15.0. The fraction of sp³-hybridized carbons (Fsp3) is 0.643. The Morgan fingerprint density at radius 1 is 1.31 bits per heavy atom. The van der Waals surface area contributed by atoms with Crippen molar-refractivity contribution >= 4 is 5.82 Å². The predicted octanol–water partition coefficient (Wildman–Crippen LogP) is 3.94. The molecule has 2 heteroatoms. The fourth-order valence-electron chi connectivity index (χ4n) is 1.90. The van der Waals surface area contributed by atoms with Gasteiger partial charge in [-0.1, -0.05) is 27.2 Å². The third-order valence-electron chi connectivity index (χ3n) is 3.14. The summed E-state index contributed by atoms with van der Waals surface area (Å²) < 4.78 is 0. The maximum Gasteiger partial charge on any atom is 0.129 e. The Balaban J connectivity index is 2.64. The van der Waals surface area contributed by atoms with Crippen molar-refractivity contribution in [2.75, 3.05) is 11.9 Å². The molecule has 0 radical (unpaired) electrons. The average molecular weight is 220 g/mol. The molecule has 0 aliphatic heterocycles. The van der Waals surface area contributed by atoms with Crippen molar-refractivity contribution in [2.45, 2.75) is 47.5 Å². The molecule has 1 aromatic heterocycles. The molecule has 1 heterocycles. The maximum absolute atomic E-state index is 4.39. The molecule has 0 saturated carbocycles. The van der Waals surface area contributed by atoms with Gasteiger partial charge in [0.25, 0.3) is 0 Å². The summed E-state index contributed by atoms with van der Waals surface area (Å²) in [5.41, 5.74) is 2.90. The van der Waals surface area contributed by atoms with Crippen LogP contribution >= 0.6 is 0 Å². The molecule has 0 aliphatic rings. The maximum atomic E-state index is 4.39. The predicted molar refractivity (Wildman–Crippen MR) is 70.9 cm³/mol. The summed E-state index contributed by atoms with van der Waals surface area (Å²) in [6, 6.07) is 2.05. The molecule has 0 aliphatic carbocycles. The normalized spacial score (nSPS) is 11.6. The number of anilines is 1. The Bertz CT molecular complexity index is 343. The van der Waals surface area contributed by atoms with E-state index in [1.807, 2.05) is 6.20 Å². The lowest BCUT2D eigenvalue weighted by Crippen LogP contribution is -2.23. The fourth-order valence-corrected chi connectivity index (χ4v) is 1.90. The molecule has 0 atom stereocenters. The molecule has 0 saturated heterocycles. The monoisotopic (exact) mass is 220 g/mol. The summed E-state index contributed by atoms with van der Waals surface area (Å²) in [5.74, 6) is 1.03. The molecule has 0 amide bonds. The highest BCUT2D eigenvalue weighted by Gasteiger charge is 2.16. The first-order chi connectivity index (χ1) is 7.46. The lowest BCUT2D eigenvalue weighted by atomic mass is 9.88. The number of hydrogen-bond acceptors (Lipinski definition) is 2. The molecule has 0 bridgehead atoms. The van der Waals surface area contributed by atoms with Gasteiger partial charge >= 0.3 is 0 Å². The summed E-state index contributed by atoms with van der Waals surface area (Å²) in [4.78, 5) is 4.39. The molecule has 1 aromatic rings. The minimum atomic E-state index is 0.340. The van der Waals surface area contributed by atoms with Gasteiger partial charge < -0.3 is 5.32 Å². The first kappa shape index (κ1) is 13.0. The first-order valence-corrected chi connectivity index (χ1v) is 6.12. The Hall–Kier alpha value is -1.05. The van der Waals surface area contributed by atoms with Gasteiger partial charge in [0.05, 0.1) is 0 Å². The SMILES string of the molecule is CCCC(C)(C)CNc1nccc(C)c1C. The van der Waals surface area contributed by atoms with E-state index in [2.05, 4.69) is 51.0 Å². The molecular formula is C14H24N2. The molecule has 1 N–H and O–H groups in total. The van der Waals surface area contributed by atoms with Gasteiger partial charge in [-0.2, -0.15) is 0 Å². The van der Waals surface area contributed by atoms with E-state index < -0.39 is 0 Å². The van der Waals surface area contributed by atoms with E-state index in [4.69, 9.17) is 0 Å². The van der Waals surface area contributed by atoms with Crippen molar-refractivity contribution < 1.29 is 0 Å². The molecule has 0 unspecified atom stereocenters. The first-order valence-electron chi connectivity index (χ1n) is 6.12. The van der Waals surface area contributed by atoms with E-state index in [1.54, 1.807) is 0 Å². The molecule has 0 spiro atoms. The zero-order valence-electron chi connectivity index (χ0n) is 11.2. The summed E-state index contributed by atoms with van der Waals surface area (Å²) >= 11 is 0. The number of nitrogens with one attached hydrogen (secondary N) is 1. The van der Waals surface area contributed by atoms with Gasteiger partial charge in [0.15, 0.2) is 0 Å². The van der Waals surface area contributed by atoms with Crippen molar-refractivity contribution in [1.82, 2.24) is 4.98 Å². The Kier molecular flexibility index (Phi) is 4.34. The summed E-state index contributed by atoms with van der Waals surface area (Å²) in [5, 5.41) is 3.47. The molecule has 16 heavy (non-hydrogen) atoms. The molecule has 0 aromatic carbocycles. The van der Waals surface area contributed by atoms with Crippen LogP contribution in [0.2, 0.25) is 0 Å². The van der Waals surface area contributed by atoms with Crippen LogP contribution in [0, 0.1) is 19.3 Å². The Morgan fingerprint density at radius 2 is 2.00 bits per heavy atom. The van der Waals surface area contributed by atoms with Gasteiger partial charge in [-0.15, -0.1) is 0 Å². The second-order valence-corrected chi connectivity index (χ2v) is 5.37. The topological polar surface area (TPSA) is 24.9 Å². The van der Waals surface area contributed by atoms with E-state index in [0.717, 1.165) is 12.4 Å². The smallest absolute Gasteiger partial charge is 0.129 e. The number of aryl methyl sites for hydroxylation is 1. The third kappa shape index (κ3) is 3.51. The largest absolute Gasteiger partial charge is 0.369 e.